The van der Waals surface area contributed by atoms with Crippen molar-refractivity contribution in [1.82, 2.24) is 24.7 Å². The Balaban J connectivity index is 1.73. The van der Waals surface area contributed by atoms with Gasteiger partial charge in [0.25, 0.3) is 5.95 Å². The van der Waals surface area contributed by atoms with E-state index in [1.54, 1.807) is 48.5 Å². The van der Waals surface area contributed by atoms with Gasteiger partial charge in [0.15, 0.2) is 5.82 Å². The molecule has 0 radical (unpaired) electrons. The number of nitrogens with two attached hydrogens (primary N) is 1. The van der Waals surface area contributed by atoms with Gasteiger partial charge in [-0.3, -0.25) is 15.2 Å². The number of aromatic amines is 1. The van der Waals surface area contributed by atoms with Crippen molar-refractivity contribution in [2.24, 2.45) is 5.73 Å². The van der Waals surface area contributed by atoms with Crippen molar-refractivity contribution in [2.45, 2.75) is 13.0 Å². The van der Waals surface area contributed by atoms with Gasteiger partial charge in [0, 0.05) is 30.6 Å². The third kappa shape index (κ3) is 6.29. The van der Waals surface area contributed by atoms with Crippen LogP contribution < -0.4 is 21.5 Å². The molecule has 0 bridgehead atoms. The fourth-order valence-corrected chi connectivity index (χ4v) is 3.59. The Kier molecular flexibility index (Phi) is 7.92. The van der Waals surface area contributed by atoms with E-state index in [0.29, 0.717) is 28.4 Å². The number of ether oxygens (including phenoxy) is 2. The first-order chi connectivity index (χ1) is 18.3. The predicted octanol–water partition coefficient (Wildman–Crippen LogP) is 2.42. The number of hydrogen-bond donors (Lipinski definition) is 4. The first kappa shape index (κ1) is 25.8. The molecule has 4 aromatic rings. The van der Waals surface area contributed by atoms with Crippen LogP contribution in [0.5, 0.6) is 5.75 Å². The standard InChI is InChI=1S/C26H26N8O4/c1-3-17-13-19(15-21(14-17)38-12-11-37-16(2)35)22(31-20-7-5-18(6-8-20)23(27)28)24-32-26(36)34(33-24)25-29-9-4-10-30-25/h3-10,13-15,22,31H,1,11-12H2,2H3,(H3,27,28)(H,32,33,36)/t22-/m0/s1. The van der Waals surface area contributed by atoms with E-state index in [9.17, 15) is 9.59 Å². The molecule has 1 atom stereocenters. The molecule has 194 valence electrons. The van der Waals surface area contributed by atoms with Crippen LogP contribution in [0.1, 0.15) is 35.5 Å². The summed E-state index contributed by atoms with van der Waals surface area (Å²) in [5.74, 6) is 0.491. The lowest BCUT2D eigenvalue weighted by Crippen LogP contribution is -2.18. The van der Waals surface area contributed by atoms with Gasteiger partial charge in [-0.15, -0.1) is 9.78 Å². The highest BCUT2D eigenvalue weighted by Gasteiger charge is 2.22. The minimum atomic E-state index is -0.647. The lowest BCUT2D eigenvalue weighted by molar-refractivity contribution is -0.141. The Morgan fingerprint density at radius 1 is 1.21 bits per heavy atom. The van der Waals surface area contributed by atoms with Gasteiger partial charge in [-0.1, -0.05) is 12.7 Å². The minimum absolute atomic E-state index is 0.0479. The first-order valence-corrected chi connectivity index (χ1v) is 11.5. The summed E-state index contributed by atoms with van der Waals surface area (Å²) in [5.41, 5.74) is 7.80. The van der Waals surface area contributed by atoms with Gasteiger partial charge < -0.3 is 20.5 Å². The van der Waals surface area contributed by atoms with Gasteiger partial charge in [0.05, 0.1) is 0 Å². The SMILES string of the molecule is C=Cc1cc(OCCOC(C)=O)cc([C@H](Nc2ccc(C(=N)N)cc2)c2nn(-c3ncccn3)c(=O)[nH]2)c1. The maximum absolute atomic E-state index is 12.8. The molecule has 0 saturated carbocycles. The third-order valence-electron chi connectivity index (χ3n) is 5.33. The summed E-state index contributed by atoms with van der Waals surface area (Å²) >= 11 is 0. The molecule has 4 rings (SSSR count). The van der Waals surface area contributed by atoms with E-state index in [1.165, 1.54) is 19.3 Å². The van der Waals surface area contributed by atoms with Gasteiger partial charge in [0.2, 0.25) is 0 Å². The molecule has 12 heteroatoms. The van der Waals surface area contributed by atoms with E-state index < -0.39 is 17.7 Å². The second-order valence-corrected chi connectivity index (χ2v) is 8.07. The van der Waals surface area contributed by atoms with Crippen LogP contribution >= 0.6 is 0 Å². The number of rotatable bonds is 11. The monoisotopic (exact) mass is 514 g/mol. The highest BCUT2D eigenvalue weighted by molar-refractivity contribution is 5.95. The van der Waals surface area contributed by atoms with Crippen LogP contribution in [0.4, 0.5) is 5.69 Å². The van der Waals surface area contributed by atoms with Crippen molar-refractivity contribution >= 4 is 23.6 Å². The number of nitrogens with zero attached hydrogens (tertiary/aromatic N) is 4. The molecule has 0 aliphatic rings. The zero-order valence-corrected chi connectivity index (χ0v) is 20.5. The fraction of sp³-hybridized carbons (Fsp3) is 0.154. The number of esters is 1. The Bertz CT molecular complexity index is 1500. The highest BCUT2D eigenvalue weighted by Crippen LogP contribution is 2.29. The molecular formula is C26H26N8O4. The van der Waals surface area contributed by atoms with Crippen LogP contribution in [0.15, 0.2) is 72.3 Å². The quantitative estimate of drug-likeness (QED) is 0.101. The zero-order valence-electron chi connectivity index (χ0n) is 20.5. The van der Waals surface area contributed by atoms with Crippen molar-refractivity contribution in [3.63, 3.8) is 0 Å². The molecule has 5 N–H and O–H groups in total. The van der Waals surface area contributed by atoms with E-state index in [-0.39, 0.29) is 25.0 Å². The maximum atomic E-state index is 12.8. The zero-order chi connectivity index (χ0) is 27.1. The van der Waals surface area contributed by atoms with Gasteiger partial charge >= 0.3 is 11.7 Å². The molecule has 2 aromatic heterocycles. The molecule has 0 aliphatic carbocycles. The number of aromatic nitrogens is 5. The maximum Gasteiger partial charge on any atom is 0.350 e. The number of carbonyl (C=O) groups excluding carboxylic acids is 1. The van der Waals surface area contributed by atoms with Crippen LogP contribution in [0, 0.1) is 5.41 Å². The minimum Gasteiger partial charge on any atom is -0.490 e. The Morgan fingerprint density at radius 2 is 1.95 bits per heavy atom. The molecule has 2 heterocycles. The fourth-order valence-electron chi connectivity index (χ4n) is 3.59. The lowest BCUT2D eigenvalue weighted by Gasteiger charge is -2.20. The molecule has 0 unspecified atom stereocenters. The van der Waals surface area contributed by atoms with Crippen LogP contribution in [-0.2, 0) is 9.53 Å². The first-order valence-electron chi connectivity index (χ1n) is 11.5. The molecule has 12 nitrogen and oxygen atoms in total. The van der Waals surface area contributed by atoms with Crippen LogP contribution in [0.3, 0.4) is 0 Å². The van der Waals surface area contributed by atoms with Gasteiger partial charge in [-0.25, -0.2) is 14.8 Å². The lowest BCUT2D eigenvalue weighted by atomic mass is 10.0. The normalized spacial score (nSPS) is 11.4. The summed E-state index contributed by atoms with van der Waals surface area (Å²) in [6.45, 7) is 5.44. The van der Waals surface area contributed by atoms with Gasteiger partial charge in [0.1, 0.15) is 30.8 Å². The second kappa shape index (κ2) is 11.6. The number of nitrogen functional groups attached to an aromatic ring is 1. The molecule has 38 heavy (non-hydrogen) atoms. The summed E-state index contributed by atoms with van der Waals surface area (Å²) in [6.07, 6.45) is 4.70. The number of carbonyl (C=O) groups is 1. The van der Waals surface area contributed by atoms with Crippen LogP contribution in [0.2, 0.25) is 0 Å². The molecule has 0 amide bonds. The third-order valence-corrected chi connectivity index (χ3v) is 5.33. The molecule has 0 saturated heterocycles. The summed E-state index contributed by atoms with van der Waals surface area (Å²) < 4.78 is 11.8. The van der Waals surface area contributed by atoms with Crippen molar-refractivity contribution in [2.75, 3.05) is 18.5 Å². The molecule has 0 fully saturated rings. The molecular weight excluding hydrogens is 488 g/mol. The van der Waals surface area contributed by atoms with E-state index in [0.717, 1.165) is 10.2 Å². The topological polar surface area (TPSA) is 174 Å². The molecule has 2 aromatic carbocycles. The van der Waals surface area contributed by atoms with E-state index >= 15 is 0 Å². The number of amidine groups is 1. The van der Waals surface area contributed by atoms with Crippen molar-refractivity contribution < 1.29 is 14.3 Å². The Hall–Kier alpha value is -5.26. The van der Waals surface area contributed by atoms with Crippen molar-refractivity contribution in [3.8, 4) is 11.7 Å². The number of anilines is 1. The predicted molar refractivity (Wildman–Crippen MR) is 141 cm³/mol. The largest absolute Gasteiger partial charge is 0.490 e. The smallest absolute Gasteiger partial charge is 0.350 e. The number of nitrogens with one attached hydrogen (secondary N) is 3. The summed E-state index contributed by atoms with van der Waals surface area (Å²) in [7, 11) is 0. The summed E-state index contributed by atoms with van der Waals surface area (Å²) in [6, 6.07) is 13.4. The number of benzene rings is 2. The molecule has 0 spiro atoms. The van der Waals surface area contributed by atoms with E-state index in [2.05, 4.69) is 31.9 Å². The second-order valence-electron chi connectivity index (χ2n) is 8.07. The average molecular weight is 515 g/mol. The highest BCUT2D eigenvalue weighted by atomic mass is 16.6. The van der Waals surface area contributed by atoms with Gasteiger partial charge in [-0.2, -0.15) is 0 Å². The van der Waals surface area contributed by atoms with Crippen molar-refractivity contribution in [1.29, 1.82) is 5.41 Å². The number of H-pyrrole nitrogens is 1. The molecule has 0 aliphatic heterocycles. The van der Waals surface area contributed by atoms with Gasteiger partial charge in [-0.05, 0) is 59.7 Å². The van der Waals surface area contributed by atoms with E-state index in [4.69, 9.17) is 20.6 Å². The Labute approximate surface area is 217 Å². The average Bonchev–Trinajstić information content (AvgIpc) is 3.31. The van der Waals surface area contributed by atoms with E-state index in [1.807, 2.05) is 6.07 Å². The summed E-state index contributed by atoms with van der Waals surface area (Å²) in [5, 5.41) is 15.5. The number of hydrogen-bond acceptors (Lipinski definition) is 9. The van der Waals surface area contributed by atoms with Crippen LogP contribution in [0.25, 0.3) is 12.0 Å². The van der Waals surface area contributed by atoms with Crippen molar-refractivity contribution in [3.05, 3.63) is 101 Å². The van der Waals surface area contributed by atoms with Crippen LogP contribution in [-0.4, -0.2) is 49.8 Å². The summed E-state index contributed by atoms with van der Waals surface area (Å²) in [4.78, 5) is 34.8. The Morgan fingerprint density at radius 3 is 2.61 bits per heavy atom.